The van der Waals surface area contributed by atoms with Gasteiger partial charge in [0.25, 0.3) is 0 Å². The van der Waals surface area contributed by atoms with Crippen LogP contribution in [-0.2, 0) is 5.41 Å². The average Bonchev–Trinajstić information content (AvgIpc) is 3.39. The lowest BCUT2D eigenvalue weighted by molar-refractivity contribution is 0.642. The predicted octanol–water partition coefficient (Wildman–Crippen LogP) is 10.2. The fourth-order valence-corrected chi connectivity index (χ4v) is 8.51. The molecule has 0 saturated carbocycles. The number of benzene rings is 5. The van der Waals surface area contributed by atoms with E-state index in [1.807, 2.05) is 35.7 Å². The smallest absolute Gasteiger partial charge is 0.135 e. The molecule has 2 aliphatic rings. The molecule has 36 heavy (non-hydrogen) atoms. The molecular formula is C33H22OS2. The first-order valence-electron chi connectivity index (χ1n) is 12.3. The van der Waals surface area contributed by atoms with Crippen LogP contribution in [-0.4, -0.2) is 0 Å². The Bertz CT molecular complexity index is 1880. The third kappa shape index (κ3) is 2.81. The Morgan fingerprint density at radius 1 is 0.583 bits per heavy atom. The van der Waals surface area contributed by atoms with Crippen LogP contribution in [0.3, 0.4) is 0 Å². The summed E-state index contributed by atoms with van der Waals surface area (Å²) in [6.45, 7) is 4.78. The van der Waals surface area contributed by atoms with E-state index in [4.69, 9.17) is 4.42 Å². The Hall–Kier alpha value is -3.40. The first kappa shape index (κ1) is 20.8. The van der Waals surface area contributed by atoms with Crippen LogP contribution >= 0.6 is 23.5 Å². The van der Waals surface area contributed by atoms with Gasteiger partial charge >= 0.3 is 0 Å². The monoisotopic (exact) mass is 498 g/mol. The molecule has 0 spiro atoms. The third-order valence-electron chi connectivity index (χ3n) is 7.72. The van der Waals surface area contributed by atoms with Crippen LogP contribution in [0.4, 0.5) is 0 Å². The largest absolute Gasteiger partial charge is 0.456 e. The molecule has 0 atom stereocenters. The second-order valence-electron chi connectivity index (χ2n) is 10.2. The van der Waals surface area contributed by atoms with Crippen molar-refractivity contribution >= 4 is 45.5 Å². The van der Waals surface area contributed by atoms with Gasteiger partial charge in [-0.2, -0.15) is 0 Å². The van der Waals surface area contributed by atoms with Gasteiger partial charge in [0.05, 0.1) is 0 Å². The van der Waals surface area contributed by atoms with Crippen molar-refractivity contribution in [3.63, 3.8) is 0 Å². The molecule has 2 heterocycles. The van der Waals surface area contributed by atoms with E-state index in [9.17, 15) is 0 Å². The fourth-order valence-electron chi connectivity index (χ4n) is 5.95. The molecule has 0 fully saturated rings. The zero-order valence-electron chi connectivity index (χ0n) is 20.0. The van der Waals surface area contributed by atoms with Crippen LogP contribution in [0.5, 0.6) is 0 Å². The molecule has 0 unspecified atom stereocenters. The molecule has 0 amide bonds. The Labute approximate surface area is 218 Å². The average molecular weight is 499 g/mol. The molecule has 172 valence electrons. The Morgan fingerprint density at radius 3 is 2.17 bits per heavy atom. The number of hydrogen-bond acceptors (Lipinski definition) is 3. The number of fused-ring (bicyclic) bond motifs is 9. The second kappa shape index (κ2) is 7.32. The summed E-state index contributed by atoms with van der Waals surface area (Å²) in [6, 6.07) is 35.3. The lowest BCUT2D eigenvalue weighted by atomic mass is 9.81. The van der Waals surface area contributed by atoms with Crippen molar-refractivity contribution in [2.45, 2.75) is 38.8 Å². The van der Waals surface area contributed by atoms with Crippen LogP contribution in [0.1, 0.15) is 25.0 Å². The third-order valence-corrected chi connectivity index (χ3v) is 10.3. The minimum atomic E-state index is -0.0711. The topological polar surface area (TPSA) is 13.1 Å². The summed E-state index contributed by atoms with van der Waals surface area (Å²) in [5, 5.41) is 2.34. The van der Waals surface area contributed by atoms with Crippen LogP contribution in [0, 0.1) is 0 Å². The van der Waals surface area contributed by atoms with E-state index in [-0.39, 0.29) is 5.41 Å². The van der Waals surface area contributed by atoms with Gasteiger partial charge in [-0.3, -0.25) is 0 Å². The van der Waals surface area contributed by atoms with Crippen molar-refractivity contribution in [3.8, 4) is 22.3 Å². The van der Waals surface area contributed by atoms with Gasteiger partial charge in [-0.1, -0.05) is 92.0 Å². The first-order chi connectivity index (χ1) is 17.6. The fraction of sp³-hybridized carbons (Fsp3) is 0.0909. The summed E-state index contributed by atoms with van der Waals surface area (Å²) >= 11 is 3.83. The standard InChI is InChI=1S/C33H22OS2/c1-33(2)25-18-20(19-12-15-27-24(17-19)22-7-3-4-8-26(22)34-27)11-13-21(25)23-14-16-30-32(31(23)33)36-29-10-6-5-9-28(29)35-30/h3-18H,1-2H3. The summed E-state index contributed by atoms with van der Waals surface area (Å²) in [4.78, 5) is 5.50. The Morgan fingerprint density at radius 2 is 1.28 bits per heavy atom. The molecule has 0 N–H and O–H groups in total. The summed E-state index contributed by atoms with van der Waals surface area (Å²) in [6.07, 6.45) is 0. The van der Waals surface area contributed by atoms with E-state index in [1.165, 1.54) is 63.7 Å². The van der Waals surface area contributed by atoms with Gasteiger partial charge in [-0.15, -0.1) is 0 Å². The van der Waals surface area contributed by atoms with E-state index >= 15 is 0 Å². The van der Waals surface area contributed by atoms with Crippen LogP contribution < -0.4 is 0 Å². The van der Waals surface area contributed by atoms with Crippen molar-refractivity contribution < 1.29 is 4.42 Å². The molecule has 6 aromatic rings. The lowest BCUT2D eigenvalue weighted by Gasteiger charge is -2.28. The molecule has 0 radical (unpaired) electrons. The number of furan rings is 1. The highest BCUT2D eigenvalue weighted by Gasteiger charge is 2.39. The predicted molar refractivity (Wildman–Crippen MR) is 151 cm³/mol. The van der Waals surface area contributed by atoms with Crippen molar-refractivity contribution in [2.75, 3.05) is 0 Å². The highest BCUT2D eigenvalue weighted by molar-refractivity contribution is 8.05. The van der Waals surface area contributed by atoms with Gasteiger partial charge in [-0.05, 0) is 75.8 Å². The maximum atomic E-state index is 6.07. The van der Waals surface area contributed by atoms with Gasteiger partial charge in [0.15, 0.2) is 0 Å². The maximum absolute atomic E-state index is 6.07. The Balaban J connectivity index is 1.27. The summed E-state index contributed by atoms with van der Waals surface area (Å²) in [5.41, 5.74) is 9.91. The number of hydrogen-bond donors (Lipinski definition) is 0. The van der Waals surface area contributed by atoms with E-state index in [2.05, 4.69) is 98.8 Å². The summed E-state index contributed by atoms with van der Waals surface area (Å²) in [5.74, 6) is 0. The molecule has 0 saturated heterocycles. The van der Waals surface area contributed by atoms with Crippen molar-refractivity contribution in [2.24, 2.45) is 0 Å². The SMILES string of the molecule is CC1(C)c2cc(-c3ccc4oc5ccccc5c4c3)ccc2-c2ccc3c(c21)Sc1ccccc1S3. The van der Waals surface area contributed by atoms with Gasteiger partial charge in [0.2, 0.25) is 0 Å². The number of rotatable bonds is 1. The molecule has 8 rings (SSSR count). The Kier molecular flexibility index (Phi) is 4.22. The van der Waals surface area contributed by atoms with E-state index in [0.717, 1.165) is 11.2 Å². The van der Waals surface area contributed by atoms with E-state index in [0.29, 0.717) is 0 Å². The molecule has 1 aliphatic carbocycles. The van der Waals surface area contributed by atoms with Crippen molar-refractivity contribution in [1.82, 2.24) is 0 Å². The summed E-state index contributed by atoms with van der Waals surface area (Å²) in [7, 11) is 0. The molecule has 0 bridgehead atoms. The zero-order chi connectivity index (χ0) is 24.0. The number of para-hydroxylation sites is 1. The van der Waals surface area contributed by atoms with Gasteiger partial charge < -0.3 is 4.42 Å². The maximum Gasteiger partial charge on any atom is 0.135 e. The van der Waals surface area contributed by atoms with Gasteiger partial charge in [0, 0.05) is 35.8 Å². The molecular weight excluding hydrogens is 476 g/mol. The first-order valence-corrected chi connectivity index (χ1v) is 13.9. The summed E-state index contributed by atoms with van der Waals surface area (Å²) < 4.78 is 6.07. The molecule has 3 heteroatoms. The minimum Gasteiger partial charge on any atom is -0.456 e. The van der Waals surface area contributed by atoms with Crippen molar-refractivity contribution in [1.29, 1.82) is 0 Å². The lowest BCUT2D eigenvalue weighted by Crippen LogP contribution is -2.17. The molecule has 5 aromatic carbocycles. The minimum absolute atomic E-state index is 0.0711. The van der Waals surface area contributed by atoms with Gasteiger partial charge in [-0.25, -0.2) is 0 Å². The van der Waals surface area contributed by atoms with Crippen LogP contribution in [0.2, 0.25) is 0 Å². The zero-order valence-corrected chi connectivity index (χ0v) is 21.6. The van der Waals surface area contributed by atoms with Crippen LogP contribution in [0.15, 0.2) is 121 Å². The highest BCUT2D eigenvalue weighted by atomic mass is 32.2. The normalized spacial score (nSPS) is 14.9. The van der Waals surface area contributed by atoms with Crippen molar-refractivity contribution in [3.05, 3.63) is 108 Å². The molecule has 1 nitrogen and oxygen atoms in total. The molecule has 1 aromatic heterocycles. The molecule has 1 aliphatic heterocycles. The highest BCUT2D eigenvalue weighted by Crippen LogP contribution is 2.58. The van der Waals surface area contributed by atoms with Crippen LogP contribution in [0.25, 0.3) is 44.2 Å². The van der Waals surface area contributed by atoms with E-state index in [1.54, 1.807) is 0 Å². The van der Waals surface area contributed by atoms with E-state index < -0.39 is 0 Å². The second-order valence-corrected chi connectivity index (χ2v) is 12.3. The quantitative estimate of drug-likeness (QED) is 0.223. The van der Waals surface area contributed by atoms with Gasteiger partial charge in [0.1, 0.15) is 11.2 Å².